The van der Waals surface area contributed by atoms with Crippen LogP contribution in [0.1, 0.15) is 49.9 Å². The molecule has 10 heteroatoms. The van der Waals surface area contributed by atoms with Crippen LogP contribution < -0.4 is 5.32 Å². The molecule has 4 N–H and O–H groups in total. The number of benzene rings is 1. The summed E-state index contributed by atoms with van der Waals surface area (Å²) in [5.41, 5.74) is 2.96. The Morgan fingerprint density at radius 1 is 1.26 bits per heavy atom. The number of β-amino-alcohol motifs (C(OH)–C–C–N with tert-alkyl or cyclic N) is 1. The van der Waals surface area contributed by atoms with Crippen molar-refractivity contribution in [2.24, 2.45) is 5.92 Å². The van der Waals surface area contributed by atoms with E-state index in [0.29, 0.717) is 25.3 Å². The van der Waals surface area contributed by atoms with Gasteiger partial charge in [-0.2, -0.15) is 0 Å². The highest BCUT2D eigenvalue weighted by Crippen LogP contribution is 2.26. The molecule has 0 bridgehead atoms. The SMILES string of the molecule is Cc1ccc2nc(COCC(=O)N[C@H]3C[C@@H](O)CN(C(=O)C4CCCCC4)C3)[nH]c2c1.O=CO. The van der Waals surface area contributed by atoms with Crippen LogP contribution in [0.2, 0.25) is 0 Å². The molecule has 2 fully saturated rings. The molecule has 2 heterocycles. The molecule has 1 saturated heterocycles. The number of aliphatic hydroxyl groups is 1. The molecular weight excluding hydrogens is 440 g/mol. The number of aromatic amines is 1. The number of likely N-dealkylation sites (tertiary alicyclic amines) is 1. The summed E-state index contributed by atoms with van der Waals surface area (Å²) in [5.74, 6) is 0.599. The van der Waals surface area contributed by atoms with Gasteiger partial charge in [0.1, 0.15) is 19.0 Å². The zero-order valence-electron chi connectivity index (χ0n) is 19.5. The third kappa shape index (κ3) is 7.26. The number of imidazole rings is 1. The van der Waals surface area contributed by atoms with Crippen LogP contribution in [-0.4, -0.2) is 75.2 Å². The van der Waals surface area contributed by atoms with Crippen LogP contribution in [0.3, 0.4) is 0 Å². The second-order valence-corrected chi connectivity index (χ2v) is 9.03. The number of fused-ring (bicyclic) bond motifs is 1. The van der Waals surface area contributed by atoms with Crippen LogP contribution in [0, 0.1) is 12.8 Å². The van der Waals surface area contributed by atoms with Gasteiger partial charge < -0.3 is 30.2 Å². The molecule has 2 aliphatic rings. The minimum atomic E-state index is -0.619. The first-order valence-corrected chi connectivity index (χ1v) is 11.8. The molecule has 34 heavy (non-hydrogen) atoms. The first-order chi connectivity index (χ1) is 16.4. The number of carbonyl (C=O) groups excluding carboxylic acids is 2. The highest BCUT2D eigenvalue weighted by molar-refractivity contribution is 5.80. The molecule has 4 rings (SSSR count). The van der Waals surface area contributed by atoms with Gasteiger partial charge >= 0.3 is 0 Å². The van der Waals surface area contributed by atoms with E-state index in [0.717, 1.165) is 42.3 Å². The average molecular weight is 475 g/mol. The van der Waals surface area contributed by atoms with Crippen molar-refractivity contribution < 1.29 is 29.3 Å². The summed E-state index contributed by atoms with van der Waals surface area (Å²) < 4.78 is 5.53. The zero-order chi connectivity index (χ0) is 24.5. The molecule has 2 amide bonds. The fourth-order valence-corrected chi connectivity index (χ4v) is 4.72. The number of H-pyrrole nitrogens is 1. The van der Waals surface area contributed by atoms with Gasteiger partial charge in [-0.1, -0.05) is 25.3 Å². The molecule has 2 aromatic rings. The largest absolute Gasteiger partial charge is 0.483 e. The smallest absolute Gasteiger partial charge is 0.290 e. The lowest BCUT2D eigenvalue weighted by Gasteiger charge is -2.38. The molecule has 0 unspecified atom stereocenters. The normalized spacial score (nSPS) is 20.9. The Balaban J connectivity index is 0.00000103. The van der Waals surface area contributed by atoms with E-state index in [4.69, 9.17) is 14.6 Å². The number of aryl methyl sites for hydroxylation is 1. The van der Waals surface area contributed by atoms with Gasteiger partial charge in [0.2, 0.25) is 11.8 Å². The lowest BCUT2D eigenvalue weighted by atomic mass is 9.87. The van der Waals surface area contributed by atoms with Crippen LogP contribution in [-0.2, 0) is 25.7 Å². The summed E-state index contributed by atoms with van der Waals surface area (Å²) in [5, 5.41) is 20.0. The van der Waals surface area contributed by atoms with Gasteiger partial charge in [-0.3, -0.25) is 14.4 Å². The summed E-state index contributed by atoms with van der Waals surface area (Å²) in [6, 6.07) is 5.71. The number of ether oxygens (including phenoxy) is 1. The van der Waals surface area contributed by atoms with Crippen LogP contribution in [0.4, 0.5) is 0 Å². The van der Waals surface area contributed by atoms with Crippen LogP contribution in [0.5, 0.6) is 0 Å². The number of aromatic nitrogens is 2. The fourth-order valence-electron chi connectivity index (χ4n) is 4.72. The monoisotopic (exact) mass is 474 g/mol. The Kier molecular flexibility index (Phi) is 9.41. The van der Waals surface area contributed by atoms with Crippen molar-refractivity contribution in [1.29, 1.82) is 0 Å². The maximum Gasteiger partial charge on any atom is 0.290 e. The quantitative estimate of drug-likeness (QED) is 0.467. The van der Waals surface area contributed by atoms with Gasteiger partial charge in [-0.25, -0.2) is 4.98 Å². The molecule has 1 saturated carbocycles. The van der Waals surface area contributed by atoms with E-state index in [1.54, 1.807) is 4.90 Å². The van der Waals surface area contributed by atoms with E-state index in [1.165, 1.54) is 6.42 Å². The number of carboxylic acid groups (broad SMARTS) is 1. The fraction of sp³-hybridized carbons (Fsp3) is 0.583. The van der Waals surface area contributed by atoms with E-state index < -0.39 is 6.10 Å². The Bertz CT molecular complexity index is 972. The van der Waals surface area contributed by atoms with Crippen LogP contribution in [0.15, 0.2) is 18.2 Å². The van der Waals surface area contributed by atoms with Crippen molar-refractivity contribution in [3.63, 3.8) is 0 Å². The Labute approximate surface area is 198 Å². The summed E-state index contributed by atoms with van der Waals surface area (Å²) in [4.78, 5) is 42.9. The summed E-state index contributed by atoms with van der Waals surface area (Å²) in [6.07, 6.45) is 5.06. The molecule has 1 aromatic carbocycles. The number of carbonyl (C=O) groups is 3. The number of hydrogen-bond donors (Lipinski definition) is 4. The van der Waals surface area contributed by atoms with Gasteiger partial charge in [0.25, 0.3) is 6.47 Å². The Morgan fingerprint density at radius 3 is 2.74 bits per heavy atom. The van der Waals surface area contributed by atoms with Gasteiger partial charge in [0.15, 0.2) is 0 Å². The predicted molar refractivity (Wildman–Crippen MR) is 125 cm³/mol. The molecule has 1 aromatic heterocycles. The van der Waals surface area contributed by atoms with E-state index >= 15 is 0 Å². The molecule has 10 nitrogen and oxygen atoms in total. The number of nitrogens with one attached hydrogen (secondary N) is 2. The second-order valence-electron chi connectivity index (χ2n) is 9.03. The third-order valence-corrected chi connectivity index (χ3v) is 6.22. The maximum absolute atomic E-state index is 12.8. The van der Waals surface area contributed by atoms with Crippen molar-refractivity contribution in [2.45, 2.75) is 64.2 Å². The van der Waals surface area contributed by atoms with Crippen LogP contribution in [0.25, 0.3) is 11.0 Å². The first-order valence-electron chi connectivity index (χ1n) is 11.8. The maximum atomic E-state index is 12.8. The average Bonchev–Trinajstić information content (AvgIpc) is 3.21. The molecule has 1 aliphatic heterocycles. The standard InChI is InChI=1S/C23H32N4O4.CH2O2/c1-15-7-8-19-20(9-15)26-21(25-19)13-31-14-22(29)24-17-10-18(28)12-27(11-17)23(30)16-5-3-2-4-6-16;2-1-3/h7-9,16-18,28H,2-6,10-14H2,1H3,(H,24,29)(H,25,26);1H,(H,2,3)/t17-,18+;/m0./s1. The molecule has 1 aliphatic carbocycles. The van der Waals surface area contributed by atoms with Gasteiger partial charge in [-0.15, -0.1) is 0 Å². The van der Waals surface area contributed by atoms with Crippen molar-refractivity contribution >= 4 is 29.3 Å². The topological polar surface area (TPSA) is 145 Å². The van der Waals surface area contributed by atoms with Gasteiger partial charge in [-0.05, 0) is 43.9 Å². The summed E-state index contributed by atoms with van der Waals surface area (Å²) >= 11 is 0. The third-order valence-electron chi connectivity index (χ3n) is 6.22. The Hall–Kier alpha value is -2.98. The number of hydrogen-bond acceptors (Lipinski definition) is 6. The number of rotatable bonds is 6. The highest BCUT2D eigenvalue weighted by atomic mass is 16.5. The van der Waals surface area contributed by atoms with E-state index in [2.05, 4.69) is 15.3 Å². The minimum Gasteiger partial charge on any atom is -0.483 e. The number of aliphatic hydroxyl groups excluding tert-OH is 1. The molecule has 2 atom stereocenters. The van der Waals surface area contributed by atoms with E-state index in [-0.39, 0.29) is 43.5 Å². The number of nitrogens with zero attached hydrogens (tertiary/aromatic N) is 2. The lowest BCUT2D eigenvalue weighted by molar-refractivity contribution is -0.141. The van der Waals surface area contributed by atoms with Gasteiger partial charge in [0.05, 0.1) is 17.1 Å². The second kappa shape index (κ2) is 12.5. The molecule has 0 spiro atoms. The van der Waals surface area contributed by atoms with E-state index in [9.17, 15) is 14.7 Å². The lowest BCUT2D eigenvalue weighted by Crippen LogP contribution is -2.55. The van der Waals surface area contributed by atoms with E-state index in [1.807, 2.05) is 25.1 Å². The van der Waals surface area contributed by atoms with Gasteiger partial charge in [0, 0.05) is 25.0 Å². The molecule has 0 radical (unpaired) electrons. The zero-order valence-corrected chi connectivity index (χ0v) is 19.5. The first kappa shape index (κ1) is 25.6. The van der Waals surface area contributed by atoms with Crippen molar-refractivity contribution in [2.75, 3.05) is 19.7 Å². The number of piperidine rings is 1. The summed E-state index contributed by atoms with van der Waals surface area (Å²) in [7, 11) is 0. The molecular formula is C24H34N4O6. The number of amides is 2. The van der Waals surface area contributed by atoms with Crippen molar-refractivity contribution in [1.82, 2.24) is 20.2 Å². The summed E-state index contributed by atoms with van der Waals surface area (Å²) in [6.45, 7) is 2.68. The van der Waals surface area contributed by atoms with Crippen molar-refractivity contribution in [3.8, 4) is 0 Å². The minimum absolute atomic E-state index is 0.0614. The predicted octanol–water partition coefficient (Wildman–Crippen LogP) is 1.75. The molecule has 186 valence electrons. The highest BCUT2D eigenvalue weighted by Gasteiger charge is 2.33. The Morgan fingerprint density at radius 2 is 2.00 bits per heavy atom. The van der Waals surface area contributed by atoms with Crippen molar-refractivity contribution in [3.05, 3.63) is 29.6 Å². The van der Waals surface area contributed by atoms with Crippen LogP contribution >= 0.6 is 0 Å².